The Hall–Kier alpha value is -3.36. The minimum Gasteiger partial charge on any atom is -0.453 e. The normalized spacial score (nSPS) is 12.1. The molecular formula is C27H27N5OS2. The fourth-order valence-corrected chi connectivity index (χ4v) is 5.81. The number of hydrogen-bond donors (Lipinski definition) is 2. The van der Waals surface area contributed by atoms with Gasteiger partial charge in [0.25, 0.3) is 0 Å². The Kier molecular flexibility index (Phi) is 7.30. The number of rotatable bonds is 10. The molecule has 0 amide bonds. The van der Waals surface area contributed by atoms with Gasteiger partial charge in [-0.3, -0.25) is 4.98 Å². The first kappa shape index (κ1) is 23.4. The number of ether oxygens (including phenoxy) is 1. The highest BCUT2D eigenvalue weighted by molar-refractivity contribution is 7.99. The van der Waals surface area contributed by atoms with Crippen LogP contribution in [-0.2, 0) is 6.42 Å². The van der Waals surface area contributed by atoms with Gasteiger partial charge >= 0.3 is 0 Å². The third-order valence-electron chi connectivity index (χ3n) is 5.55. The SMILES string of the molecule is CCCC(C)Cc1cnc(Nc2ncc(Sc3ccnc4ccsc34)cc2Oc2ccccc2)[nH]1. The highest BCUT2D eigenvalue weighted by Crippen LogP contribution is 2.39. The quantitative estimate of drug-likeness (QED) is 0.201. The minimum atomic E-state index is 0.608. The zero-order valence-electron chi connectivity index (χ0n) is 19.7. The predicted molar refractivity (Wildman–Crippen MR) is 144 cm³/mol. The Balaban J connectivity index is 1.41. The average molecular weight is 502 g/mol. The van der Waals surface area contributed by atoms with Gasteiger partial charge in [0.2, 0.25) is 5.95 Å². The van der Waals surface area contributed by atoms with E-state index >= 15 is 0 Å². The van der Waals surface area contributed by atoms with Crippen molar-refractivity contribution < 1.29 is 4.74 Å². The molecule has 1 atom stereocenters. The van der Waals surface area contributed by atoms with E-state index in [-0.39, 0.29) is 0 Å². The van der Waals surface area contributed by atoms with Crippen molar-refractivity contribution in [3.05, 3.63) is 78.2 Å². The first-order chi connectivity index (χ1) is 17.2. The Morgan fingerprint density at radius 1 is 1.09 bits per heavy atom. The molecule has 6 nitrogen and oxygen atoms in total. The van der Waals surface area contributed by atoms with E-state index in [0.29, 0.717) is 23.4 Å². The molecule has 0 spiro atoms. The van der Waals surface area contributed by atoms with E-state index in [0.717, 1.165) is 33.2 Å². The molecule has 8 heteroatoms. The van der Waals surface area contributed by atoms with Crippen LogP contribution in [-0.4, -0.2) is 19.9 Å². The minimum absolute atomic E-state index is 0.608. The Morgan fingerprint density at radius 2 is 1.97 bits per heavy atom. The van der Waals surface area contributed by atoms with Crippen LogP contribution in [0.2, 0.25) is 0 Å². The van der Waals surface area contributed by atoms with Crippen molar-refractivity contribution in [2.24, 2.45) is 5.92 Å². The van der Waals surface area contributed by atoms with Gasteiger partial charge in [0.1, 0.15) is 5.75 Å². The Morgan fingerprint density at radius 3 is 2.83 bits per heavy atom. The number of hydrogen-bond acceptors (Lipinski definition) is 7. The van der Waals surface area contributed by atoms with Crippen molar-refractivity contribution in [3.63, 3.8) is 0 Å². The van der Waals surface area contributed by atoms with Gasteiger partial charge in [-0.15, -0.1) is 11.3 Å². The number of nitrogens with one attached hydrogen (secondary N) is 2. The molecule has 2 N–H and O–H groups in total. The zero-order valence-corrected chi connectivity index (χ0v) is 21.3. The summed E-state index contributed by atoms with van der Waals surface area (Å²) in [7, 11) is 0. The second-order valence-electron chi connectivity index (χ2n) is 8.46. The van der Waals surface area contributed by atoms with Gasteiger partial charge in [-0.25, -0.2) is 9.97 Å². The first-order valence-corrected chi connectivity index (χ1v) is 13.4. The van der Waals surface area contributed by atoms with Crippen LogP contribution in [0.15, 0.2) is 82.3 Å². The average Bonchev–Trinajstić information content (AvgIpc) is 3.52. The number of aromatic nitrogens is 4. The third kappa shape index (κ3) is 5.83. The molecular weight excluding hydrogens is 474 g/mol. The lowest BCUT2D eigenvalue weighted by Gasteiger charge is -2.13. The Bertz CT molecular complexity index is 1400. The van der Waals surface area contributed by atoms with E-state index in [1.165, 1.54) is 17.5 Å². The highest BCUT2D eigenvalue weighted by atomic mass is 32.2. The summed E-state index contributed by atoms with van der Waals surface area (Å²) < 4.78 is 7.42. The van der Waals surface area contributed by atoms with Crippen LogP contribution in [0.25, 0.3) is 10.2 Å². The fraction of sp³-hybridized carbons (Fsp3) is 0.222. The molecule has 0 aliphatic carbocycles. The van der Waals surface area contributed by atoms with Crippen LogP contribution in [0.5, 0.6) is 11.5 Å². The van der Waals surface area contributed by atoms with E-state index < -0.39 is 0 Å². The maximum Gasteiger partial charge on any atom is 0.206 e. The molecule has 4 heterocycles. The summed E-state index contributed by atoms with van der Waals surface area (Å²) in [5.74, 6) is 3.26. The van der Waals surface area contributed by atoms with E-state index in [9.17, 15) is 0 Å². The lowest BCUT2D eigenvalue weighted by atomic mass is 10.0. The van der Waals surface area contributed by atoms with Crippen LogP contribution in [0.1, 0.15) is 32.4 Å². The van der Waals surface area contributed by atoms with E-state index in [1.54, 1.807) is 23.1 Å². The summed E-state index contributed by atoms with van der Waals surface area (Å²) in [6.45, 7) is 4.49. The van der Waals surface area contributed by atoms with Gasteiger partial charge in [0.05, 0.1) is 16.4 Å². The van der Waals surface area contributed by atoms with Crippen LogP contribution in [0, 0.1) is 5.92 Å². The second-order valence-corrected chi connectivity index (χ2v) is 10.5. The van der Waals surface area contributed by atoms with Gasteiger partial charge in [0.15, 0.2) is 11.6 Å². The van der Waals surface area contributed by atoms with Gasteiger partial charge in [0, 0.05) is 33.9 Å². The lowest BCUT2D eigenvalue weighted by molar-refractivity contribution is 0.481. The number of pyridine rings is 2. The summed E-state index contributed by atoms with van der Waals surface area (Å²) in [4.78, 5) is 19.2. The van der Waals surface area contributed by atoms with Crippen molar-refractivity contribution in [1.29, 1.82) is 0 Å². The standard InChI is InChI=1S/C27H27N5OS2/c1-3-7-18(2)14-19-16-30-27(31-19)32-26-23(33-20-8-5-4-6-9-20)15-21(17-29-26)35-24-10-12-28-22-11-13-34-25(22)24/h4-6,8-13,15-18H,3,7,14H2,1-2H3,(H2,29,30,31,32). The number of fused-ring (bicyclic) bond motifs is 1. The summed E-state index contributed by atoms with van der Waals surface area (Å²) in [5.41, 5.74) is 2.12. The smallest absolute Gasteiger partial charge is 0.206 e. The van der Waals surface area contributed by atoms with Gasteiger partial charge < -0.3 is 15.0 Å². The second kappa shape index (κ2) is 10.9. The molecule has 35 heavy (non-hydrogen) atoms. The van der Waals surface area contributed by atoms with Gasteiger partial charge in [-0.1, -0.05) is 56.7 Å². The molecule has 0 aliphatic rings. The van der Waals surface area contributed by atoms with E-state index in [4.69, 9.17) is 9.72 Å². The van der Waals surface area contributed by atoms with E-state index in [2.05, 4.69) is 39.5 Å². The van der Waals surface area contributed by atoms with Crippen molar-refractivity contribution in [1.82, 2.24) is 19.9 Å². The topological polar surface area (TPSA) is 75.7 Å². The zero-order chi connectivity index (χ0) is 24.0. The molecule has 5 aromatic rings. The van der Waals surface area contributed by atoms with Crippen molar-refractivity contribution in [2.45, 2.75) is 42.9 Å². The number of thiophene rings is 1. The maximum atomic E-state index is 6.25. The molecule has 0 radical (unpaired) electrons. The summed E-state index contributed by atoms with van der Waals surface area (Å²) in [6, 6.07) is 15.8. The van der Waals surface area contributed by atoms with Gasteiger partial charge in [-0.05, 0) is 42.0 Å². The molecule has 1 unspecified atom stereocenters. The lowest BCUT2D eigenvalue weighted by Crippen LogP contribution is -2.01. The van der Waals surface area contributed by atoms with Crippen LogP contribution < -0.4 is 10.1 Å². The molecule has 178 valence electrons. The maximum absolute atomic E-state index is 6.25. The van der Waals surface area contributed by atoms with Crippen LogP contribution >= 0.6 is 23.1 Å². The number of para-hydroxylation sites is 1. The third-order valence-corrected chi connectivity index (χ3v) is 7.63. The summed E-state index contributed by atoms with van der Waals surface area (Å²) in [6.07, 6.45) is 8.96. The number of anilines is 2. The summed E-state index contributed by atoms with van der Waals surface area (Å²) >= 11 is 3.35. The first-order valence-electron chi connectivity index (χ1n) is 11.7. The van der Waals surface area contributed by atoms with Crippen LogP contribution in [0.3, 0.4) is 0 Å². The van der Waals surface area contributed by atoms with Crippen molar-refractivity contribution in [2.75, 3.05) is 5.32 Å². The van der Waals surface area contributed by atoms with Crippen LogP contribution in [0.4, 0.5) is 11.8 Å². The fourth-order valence-electron chi connectivity index (χ4n) is 3.94. The predicted octanol–water partition coefficient (Wildman–Crippen LogP) is 8.08. The highest BCUT2D eigenvalue weighted by Gasteiger charge is 2.14. The van der Waals surface area contributed by atoms with Crippen molar-refractivity contribution >= 4 is 45.1 Å². The number of aromatic amines is 1. The summed E-state index contributed by atoms with van der Waals surface area (Å²) in [5, 5.41) is 5.38. The number of benzene rings is 1. The molecule has 1 aromatic carbocycles. The molecule has 4 aromatic heterocycles. The molecule has 5 rings (SSSR count). The molecule has 0 aliphatic heterocycles. The number of H-pyrrole nitrogens is 1. The molecule has 0 saturated heterocycles. The van der Waals surface area contributed by atoms with Crippen molar-refractivity contribution in [3.8, 4) is 11.5 Å². The number of imidazole rings is 1. The largest absolute Gasteiger partial charge is 0.453 e. The monoisotopic (exact) mass is 501 g/mol. The molecule has 0 bridgehead atoms. The van der Waals surface area contributed by atoms with Gasteiger partial charge in [-0.2, -0.15) is 0 Å². The van der Waals surface area contributed by atoms with E-state index in [1.807, 2.05) is 67.1 Å². The molecule has 0 saturated carbocycles. The molecule has 0 fully saturated rings. The number of nitrogens with zero attached hydrogens (tertiary/aromatic N) is 3. The Labute approximate surface area is 213 Å².